The average Bonchev–Trinajstić information content (AvgIpc) is 2.76. The molecule has 0 fully saturated rings. The summed E-state index contributed by atoms with van der Waals surface area (Å²) in [6, 6.07) is 17.2. The van der Waals surface area contributed by atoms with Crippen LogP contribution in [0.2, 0.25) is 0 Å². The van der Waals surface area contributed by atoms with Gasteiger partial charge in [0, 0.05) is 5.39 Å². The molecule has 1 heterocycles. The van der Waals surface area contributed by atoms with Crippen LogP contribution >= 0.6 is 0 Å². The number of fused-ring (bicyclic) bond motifs is 1. The van der Waals surface area contributed by atoms with Crippen LogP contribution in [-0.2, 0) is 10.0 Å². The zero-order valence-electron chi connectivity index (χ0n) is 10.0. The molecule has 92 valence electrons. The lowest BCUT2D eigenvalue weighted by Gasteiger charge is -2.10. The highest BCUT2D eigenvalue weighted by molar-refractivity contribution is 7.90. The molecule has 0 saturated heterocycles. The molecule has 0 bridgehead atoms. The Morgan fingerprint density at radius 1 is 0.895 bits per heavy atom. The van der Waals surface area contributed by atoms with Crippen LogP contribution in [0.1, 0.15) is 0 Å². The van der Waals surface area contributed by atoms with Gasteiger partial charge in [0.2, 0.25) is 0 Å². The molecule has 1 aromatic heterocycles. The lowest BCUT2D eigenvalue weighted by molar-refractivity contribution is 0.590. The summed E-state index contributed by atoms with van der Waals surface area (Å²) in [5, 5.41) is 0.805. The molecule has 0 saturated carbocycles. The minimum Gasteiger partial charge on any atom is -0.249 e. The third kappa shape index (κ3) is 1.86. The second kappa shape index (κ2) is 4.28. The molecule has 3 aromatic rings. The largest absolute Gasteiger partial charge is 0.267 e. The summed E-state index contributed by atoms with van der Waals surface area (Å²) in [6.45, 7) is 0. The lowest BCUT2D eigenvalue weighted by Crippen LogP contribution is -2.24. The Bertz CT molecular complexity index is 838. The van der Waals surface area contributed by atoms with Crippen molar-refractivity contribution in [3.63, 3.8) is 0 Å². The summed E-state index contributed by atoms with van der Waals surface area (Å²) in [5.41, 5.74) is 0.800. The molecule has 0 N–H and O–H groups in total. The van der Waals surface area contributed by atoms with Crippen molar-refractivity contribution in [2.45, 2.75) is 4.90 Å². The van der Waals surface area contributed by atoms with Crippen LogP contribution in [-0.4, -0.2) is 20.2 Å². The summed E-state index contributed by atoms with van der Waals surface area (Å²) < 4.78 is 26.4. The monoisotopic (exact) mass is 267 g/mol. The molecular weight excluding hydrogens is 257 g/mol. The number of aromatic nitrogens is 1. The van der Waals surface area contributed by atoms with E-state index in [1.165, 1.54) is 3.97 Å². The zero-order valence-corrected chi connectivity index (χ0v) is 10.8. The Morgan fingerprint density at radius 3 is 2.26 bits per heavy atom. The van der Waals surface area contributed by atoms with Gasteiger partial charge in [0.1, 0.15) is 7.85 Å². The number of para-hydroxylation sites is 1. The van der Waals surface area contributed by atoms with E-state index in [0.29, 0.717) is 5.52 Å². The molecule has 2 aromatic carbocycles. The highest BCUT2D eigenvalue weighted by atomic mass is 32.2. The fourth-order valence-corrected chi connectivity index (χ4v) is 3.59. The maximum atomic E-state index is 12.6. The molecule has 0 amide bonds. The Kier molecular flexibility index (Phi) is 2.71. The van der Waals surface area contributed by atoms with Crippen molar-refractivity contribution in [2.24, 2.45) is 0 Å². The van der Waals surface area contributed by atoms with Crippen LogP contribution in [0.3, 0.4) is 0 Å². The first-order chi connectivity index (χ1) is 9.10. The lowest BCUT2D eigenvalue weighted by atomic mass is 10.1. The molecule has 2 radical (unpaired) electrons. The molecule has 0 aliphatic rings. The van der Waals surface area contributed by atoms with Crippen LogP contribution in [0.5, 0.6) is 0 Å². The number of rotatable bonds is 2. The number of benzene rings is 2. The van der Waals surface area contributed by atoms with Gasteiger partial charge in [-0.05, 0) is 29.9 Å². The van der Waals surface area contributed by atoms with Gasteiger partial charge in [-0.1, -0.05) is 36.4 Å². The first kappa shape index (κ1) is 12.1. The quantitative estimate of drug-likeness (QED) is 0.662. The van der Waals surface area contributed by atoms with Crippen molar-refractivity contribution >= 4 is 34.4 Å². The first-order valence-corrected chi connectivity index (χ1v) is 7.21. The fourth-order valence-electron chi connectivity index (χ4n) is 2.12. The average molecular weight is 267 g/mol. The van der Waals surface area contributed by atoms with E-state index in [1.807, 2.05) is 12.1 Å². The summed E-state index contributed by atoms with van der Waals surface area (Å²) >= 11 is 0. The van der Waals surface area contributed by atoms with E-state index in [4.69, 9.17) is 7.85 Å². The van der Waals surface area contributed by atoms with E-state index < -0.39 is 10.0 Å². The molecule has 19 heavy (non-hydrogen) atoms. The number of nitrogens with zero attached hydrogens (tertiary/aromatic N) is 1. The Morgan fingerprint density at radius 2 is 1.53 bits per heavy atom. The highest BCUT2D eigenvalue weighted by Crippen LogP contribution is 2.20. The van der Waals surface area contributed by atoms with Gasteiger partial charge in [-0.25, -0.2) is 12.4 Å². The summed E-state index contributed by atoms with van der Waals surface area (Å²) in [6.07, 6.45) is 0. The molecule has 3 rings (SSSR count). The zero-order chi connectivity index (χ0) is 13.5. The SMILES string of the molecule is [B]c1cc2ccccc2n1S(=O)(=O)c1ccccc1. The van der Waals surface area contributed by atoms with Crippen LogP contribution < -0.4 is 5.59 Å². The standard InChI is InChI=1S/C14H10BNO2S/c15-14-10-11-6-4-5-9-13(11)16(14)19(17,18)12-7-2-1-3-8-12/h1-10H. The molecule has 0 atom stereocenters. The smallest absolute Gasteiger partial charge is 0.249 e. The molecule has 0 unspecified atom stereocenters. The second-order valence-corrected chi connectivity index (χ2v) is 6.00. The van der Waals surface area contributed by atoms with E-state index in [2.05, 4.69) is 0 Å². The van der Waals surface area contributed by atoms with Crippen LogP contribution in [0.25, 0.3) is 10.9 Å². The molecule has 3 nitrogen and oxygen atoms in total. The molecule has 0 aliphatic carbocycles. The highest BCUT2D eigenvalue weighted by Gasteiger charge is 2.20. The van der Waals surface area contributed by atoms with Crippen molar-refractivity contribution in [1.29, 1.82) is 0 Å². The minimum atomic E-state index is -3.66. The minimum absolute atomic E-state index is 0.213. The predicted octanol–water partition coefficient (Wildman–Crippen LogP) is 1.67. The summed E-state index contributed by atoms with van der Waals surface area (Å²) in [7, 11) is 2.20. The number of hydrogen-bond acceptors (Lipinski definition) is 2. The van der Waals surface area contributed by atoms with Crippen molar-refractivity contribution < 1.29 is 8.42 Å². The van der Waals surface area contributed by atoms with Crippen LogP contribution in [0, 0.1) is 0 Å². The van der Waals surface area contributed by atoms with E-state index in [1.54, 1.807) is 48.5 Å². The van der Waals surface area contributed by atoms with Crippen molar-refractivity contribution in [3.8, 4) is 0 Å². The maximum absolute atomic E-state index is 12.6. The maximum Gasteiger partial charge on any atom is 0.267 e. The molecule has 5 heteroatoms. The van der Waals surface area contributed by atoms with Gasteiger partial charge in [-0.15, -0.1) is 0 Å². The van der Waals surface area contributed by atoms with Gasteiger partial charge < -0.3 is 0 Å². The van der Waals surface area contributed by atoms with Crippen molar-refractivity contribution in [3.05, 3.63) is 60.7 Å². The van der Waals surface area contributed by atoms with Crippen LogP contribution in [0.15, 0.2) is 65.6 Å². The Hall–Kier alpha value is -2.01. The van der Waals surface area contributed by atoms with E-state index >= 15 is 0 Å². The summed E-state index contributed by atoms with van der Waals surface area (Å²) in [4.78, 5) is 0.225. The Labute approximate surface area is 113 Å². The van der Waals surface area contributed by atoms with Crippen molar-refractivity contribution in [1.82, 2.24) is 3.97 Å². The van der Waals surface area contributed by atoms with Gasteiger partial charge in [-0.2, -0.15) is 0 Å². The third-order valence-electron chi connectivity index (χ3n) is 2.97. The second-order valence-electron chi connectivity index (χ2n) is 4.21. The normalized spacial score (nSPS) is 11.8. The van der Waals surface area contributed by atoms with Crippen molar-refractivity contribution in [2.75, 3.05) is 0 Å². The van der Waals surface area contributed by atoms with Gasteiger partial charge in [0.05, 0.1) is 10.4 Å². The third-order valence-corrected chi connectivity index (χ3v) is 4.73. The molecular formula is C14H10BNO2S. The first-order valence-electron chi connectivity index (χ1n) is 5.77. The van der Waals surface area contributed by atoms with E-state index in [9.17, 15) is 8.42 Å². The fraction of sp³-hybridized carbons (Fsp3) is 0. The van der Waals surface area contributed by atoms with Gasteiger partial charge >= 0.3 is 0 Å². The predicted molar refractivity (Wildman–Crippen MR) is 76.4 cm³/mol. The van der Waals surface area contributed by atoms with Gasteiger partial charge in [0.25, 0.3) is 10.0 Å². The number of hydrogen-bond donors (Lipinski definition) is 0. The summed E-state index contributed by atoms with van der Waals surface area (Å²) in [5.74, 6) is 0. The van der Waals surface area contributed by atoms with E-state index in [0.717, 1.165) is 5.39 Å². The van der Waals surface area contributed by atoms with Gasteiger partial charge in [0.15, 0.2) is 0 Å². The molecule has 0 spiro atoms. The van der Waals surface area contributed by atoms with E-state index in [-0.39, 0.29) is 10.5 Å². The van der Waals surface area contributed by atoms with Gasteiger partial charge in [-0.3, -0.25) is 0 Å². The molecule has 0 aliphatic heterocycles. The van der Waals surface area contributed by atoms with Crippen LogP contribution in [0.4, 0.5) is 0 Å². The topological polar surface area (TPSA) is 39.1 Å². The Balaban J connectivity index is 2.34.